The van der Waals surface area contributed by atoms with E-state index in [1.165, 1.54) is 25.7 Å². The van der Waals surface area contributed by atoms with Crippen LogP contribution in [-0.2, 0) is 4.79 Å². The Labute approximate surface area is 86.9 Å². The number of unbranched alkanes of at least 4 members (excludes halogenated alkanes) is 3. The van der Waals surface area contributed by atoms with Crippen LogP contribution in [0.2, 0.25) is 0 Å². The van der Waals surface area contributed by atoms with Gasteiger partial charge in [0.2, 0.25) is 0 Å². The second-order valence-electron chi connectivity index (χ2n) is 4.00. The van der Waals surface area contributed by atoms with Gasteiger partial charge in [0.05, 0.1) is 6.04 Å². The zero-order chi connectivity index (χ0) is 10.2. The molecule has 14 heavy (non-hydrogen) atoms. The summed E-state index contributed by atoms with van der Waals surface area (Å²) in [5, 5.41) is 3.24. The largest absolute Gasteiger partial charge is 0.313 e. The zero-order valence-electron chi connectivity index (χ0n) is 9.17. The topological polar surface area (TPSA) is 32.3 Å². The minimum Gasteiger partial charge on any atom is -0.313 e. The molecule has 1 atom stereocenters. The Kier molecular flexibility index (Phi) is 5.80. The van der Waals surface area contributed by atoms with Gasteiger partial charge in [0, 0.05) is 19.6 Å². The summed E-state index contributed by atoms with van der Waals surface area (Å²) in [6.07, 6.45) is 6.20. The fraction of sp³-hybridized carbons (Fsp3) is 0.909. The first kappa shape index (κ1) is 11.7. The first-order chi connectivity index (χ1) is 6.88. The van der Waals surface area contributed by atoms with Crippen LogP contribution in [0.1, 0.15) is 32.6 Å². The van der Waals surface area contributed by atoms with Crippen LogP contribution in [-0.4, -0.2) is 43.4 Å². The Morgan fingerprint density at radius 3 is 3.00 bits per heavy atom. The van der Waals surface area contributed by atoms with Crippen molar-refractivity contribution in [2.45, 2.75) is 38.6 Å². The number of hydrogen-bond donors (Lipinski definition) is 1. The number of nitrogens with one attached hydrogen (secondary N) is 1. The highest BCUT2D eigenvalue weighted by atomic mass is 16.1. The van der Waals surface area contributed by atoms with Crippen molar-refractivity contribution in [3.05, 3.63) is 0 Å². The Hall–Kier alpha value is -0.410. The molecule has 1 rings (SSSR count). The maximum absolute atomic E-state index is 10.8. The summed E-state index contributed by atoms with van der Waals surface area (Å²) in [4.78, 5) is 13.1. The lowest BCUT2D eigenvalue weighted by molar-refractivity contribution is -0.113. The monoisotopic (exact) mass is 198 g/mol. The normalized spacial score (nSPS) is 23.6. The van der Waals surface area contributed by atoms with Crippen molar-refractivity contribution >= 4 is 6.29 Å². The quantitative estimate of drug-likeness (QED) is 0.511. The van der Waals surface area contributed by atoms with Gasteiger partial charge in [0.25, 0.3) is 0 Å². The SMILES string of the molecule is CCCCCCN1CCNCC1C=O. The summed E-state index contributed by atoms with van der Waals surface area (Å²) in [5.74, 6) is 0. The van der Waals surface area contributed by atoms with Crippen molar-refractivity contribution in [1.29, 1.82) is 0 Å². The molecule has 0 spiro atoms. The summed E-state index contributed by atoms with van der Waals surface area (Å²) in [6, 6.07) is 0.116. The molecule has 1 saturated heterocycles. The van der Waals surface area contributed by atoms with Crippen molar-refractivity contribution in [2.24, 2.45) is 0 Å². The lowest BCUT2D eigenvalue weighted by atomic mass is 10.1. The molecule has 0 radical (unpaired) electrons. The van der Waals surface area contributed by atoms with Crippen LogP contribution in [0, 0.1) is 0 Å². The van der Waals surface area contributed by atoms with Gasteiger partial charge in [-0.05, 0) is 13.0 Å². The molecule has 0 aromatic rings. The number of aldehydes is 1. The minimum absolute atomic E-state index is 0.116. The molecular formula is C11H22N2O. The molecule has 3 heteroatoms. The van der Waals surface area contributed by atoms with Gasteiger partial charge in [0.15, 0.2) is 0 Å². The molecule has 1 aliphatic rings. The summed E-state index contributed by atoms with van der Waals surface area (Å²) < 4.78 is 0. The van der Waals surface area contributed by atoms with E-state index >= 15 is 0 Å². The molecule has 1 unspecified atom stereocenters. The summed E-state index contributed by atoms with van der Waals surface area (Å²) >= 11 is 0. The average Bonchev–Trinajstić information content (AvgIpc) is 2.25. The van der Waals surface area contributed by atoms with Gasteiger partial charge in [-0.15, -0.1) is 0 Å². The van der Waals surface area contributed by atoms with Crippen molar-refractivity contribution in [3.8, 4) is 0 Å². The van der Waals surface area contributed by atoms with Crippen molar-refractivity contribution < 1.29 is 4.79 Å². The third-order valence-electron chi connectivity index (χ3n) is 2.85. The third-order valence-corrected chi connectivity index (χ3v) is 2.85. The molecule has 0 saturated carbocycles. The highest BCUT2D eigenvalue weighted by molar-refractivity contribution is 5.58. The van der Waals surface area contributed by atoms with Gasteiger partial charge < -0.3 is 10.1 Å². The number of carbonyl (C=O) groups excluding carboxylic acids is 1. The summed E-state index contributed by atoms with van der Waals surface area (Å²) in [6.45, 7) is 6.19. The number of rotatable bonds is 6. The van der Waals surface area contributed by atoms with Gasteiger partial charge in [-0.1, -0.05) is 26.2 Å². The molecule has 82 valence electrons. The number of carbonyl (C=O) groups is 1. The van der Waals surface area contributed by atoms with Crippen LogP contribution in [0.25, 0.3) is 0 Å². The maximum Gasteiger partial charge on any atom is 0.138 e. The third kappa shape index (κ3) is 3.76. The van der Waals surface area contributed by atoms with Gasteiger partial charge >= 0.3 is 0 Å². The molecule has 0 bridgehead atoms. The molecule has 3 nitrogen and oxygen atoms in total. The number of hydrogen-bond acceptors (Lipinski definition) is 3. The van der Waals surface area contributed by atoms with Crippen molar-refractivity contribution in [2.75, 3.05) is 26.2 Å². The number of piperazine rings is 1. The van der Waals surface area contributed by atoms with Crippen LogP contribution < -0.4 is 5.32 Å². The van der Waals surface area contributed by atoms with E-state index in [1.807, 2.05) is 0 Å². The molecular weight excluding hydrogens is 176 g/mol. The van der Waals surface area contributed by atoms with E-state index in [9.17, 15) is 4.79 Å². The van der Waals surface area contributed by atoms with Gasteiger partial charge in [-0.25, -0.2) is 0 Å². The van der Waals surface area contributed by atoms with E-state index in [0.717, 1.165) is 32.5 Å². The summed E-state index contributed by atoms with van der Waals surface area (Å²) in [5.41, 5.74) is 0. The molecule has 0 aromatic carbocycles. The molecule has 0 aromatic heterocycles. The van der Waals surface area contributed by atoms with Crippen LogP contribution in [0.15, 0.2) is 0 Å². The lowest BCUT2D eigenvalue weighted by Crippen LogP contribution is -2.52. The van der Waals surface area contributed by atoms with Gasteiger partial charge in [0.1, 0.15) is 6.29 Å². The Morgan fingerprint density at radius 2 is 2.29 bits per heavy atom. The zero-order valence-corrected chi connectivity index (χ0v) is 9.17. The smallest absolute Gasteiger partial charge is 0.138 e. The Morgan fingerprint density at radius 1 is 1.43 bits per heavy atom. The fourth-order valence-electron chi connectivity index (χ4n) is 1.92. The Balaban J connectivity index is 2.16. The minimum atomic E-state index is 0.116. The van der Waals surface area contributed by atoms with Gasteiger partial charge in [-0.3, -0.25) is 4.90 Å². The molecule has 0 amide bonds. The fourth-order valence-corrected chi connectivity index (χ4v) is 1.92. The molecule has 1 N–H and O–H groups in total. The predicted molar refractivity (Wildman–Crippen MR) is 58.4 cm³/mol. The standard InChI is InChI=1S/C11H22N2O/c1-2-3-4-5-7-13-8-6-12-9-11(13)10-14/h10-12H,2-9H2,1H3. The maximum atomic E-state index is 10.8. The van der Waals surface area contributed by atoms with Crippen LogP contribution in [0.3, 0.4) is 0 Å². The van der Waals surface area contributed by atoms with Crippen molar-refractivity contribution in [3.63, 3.8) is 0 Å². The van der Waals surface area contributed by atoms with E-state index in [2.05, 4.69) is 17.1 Å². The highest BCUT2D eigenvalue weighted by Crippen LogP contribution is 2.05. The van der Waals surface area contributed by atoms with E-state index in [-0.39, 0.29) is 6.04 Å². The second kappa shape index (κ2) is 6.96. The lowest BCUT2D eigenvalue weighted by Gasteiger charge is -2.32. The van der Waals surface area contributed by atoms with Crippen LogP contribution in [0.5, 0.6) is 0 Å². The highest BCUT2D eigenvalue weighted by Gasteiger charge is 2.20. The van der Waals surface area contributed by atoms with Crippen LogP contribution in [0.4, 0.5) is 0 Å². The molecule has 0 aliphatic carbocycles. The van der Waals surface area contributed by atoms with E-state index < -0.39 is 0 Å². The van der Waals surface area contributed by atoms with Crippen molar-refractivity contribution in [1.82, 2.24) is 10.2 Å². The van der Waals surface area contributed by atoms with E-state index in [4.69, 9.17) is 0 Å². The predicted octanol–water partition coefficient (Wildman–Crippen LogP) is 1.04. The van der Waals surface area contributed by atoms with Gasteiger partial charge in [-0.2, -0.15) is 0 Å². The van der Waals surface area contributed by atoms with Crippen LogP contribution >= 0.6 is 0 Å². The van der Waals surface area contributed by atoms with E-state index in [1.54, 1.807) is 0 Å². The molecule has 1 fully saturated rings. The Bertz CT molecular complexity index is 161. The average molecular weight is 198 g/mol. The number of nitrogens with zero attached hydrogens (tertiary/aromatic N) is 1. The summed E-state index contributed by atoms with van der Waals surface area (Å²) in [7, 11) is 0. The molecule has 1 heterocycles. The first-order valence-electron chi connectivity index (χ1n) is 5.78. The first-order valence-corrected chi connectivity index (χ1v) is 5.78. The van der Waals surface area contributed by atoms with E-state index in [0.29, 0.717) is 0 Å². The second-order valence-corrected chi connectivity index (χ2v) is 4.00. The molecule has 1 aliphatic heterocycles.